The van der Waals surface area contributed by atoms with Crippen molar-refractivity contribution in [3.63, 3.8) is 0 Å². The van der Waals surface area contributed by atoms with Gasteiger partial charge in [-0.2, -0.15) is 0 Å². The van der Waals surface area contributed by atoms with Gasteiger partial charge in [0.15, 0.2) is 5.17 Å². The third-order valence-electron chi connectivity index (χ3n) is 5.34. The largest absolute Gasteiger partial charge is 0.488 e. The molecular formula is C29H20BrClN2O2S. The third kappa shape index (κ3) is 5.73. The van der Waals surface area contributed by atoms with Crippen LogP contribution in [0.15, 0.2) is 117 Å². The van der Waals surface area contributed by atoms with E-state index in [4.69, 9.17) is 21.3 Å². The van der Waals surface area contributed by atoms with E-state index in [1.54, 1.807) is 4.90 Å². The van der Waals surface area contributed by atoms with Crippen LogP contribution in [0.5, 0.6) is 5.75 Å². The number of carbonyl (C=O) groups excluding carboxylic acids is 1. The van der Waals surface area contributed by atoms with Crippen molar-refractivity contribution < 1.29 is 9.53 Å². The fraction of sp³-hybridized carbons (Fsp3) is 0.0345. The minimum absolute atomic E-state index is 0.137. The Balaban J connectivity index is 1.49. The van der Waals surface area contributed by atoms with Crippen molar-refractivity contribution in [1.82, 2.24) is 0 Å². The summed E-state index contributed by atoms with van der Waals surface area (Å²) in [6, 6.07) is 32.5. The minimum atomic E-state index is -0.137. The predicted molar refractivity (Wildman–Crippen MR) is 153 cm³/mol. The lowest BCUT2D eigenvalue weighted by Gasteiger charge is -2.15. The Kier molecular flexibility index (Phi) is 7.56. The van der Waals surface area contributed by atoms with Gasteiger partial charge in [0.2, 0.25) is 0 Å². The fourth-order valence-corrected chi connectivity index (χ4v) is 5.24. The molecule has 4 nitrogen and oxygen atoms in total. The lowest BCUT2D eigenvalue weighted by atomic mass is 10.1. The Morgan fingerprint density at radius 1 is 0.917 bits per heavy atom. The molecule has 36 heavy (non-hydrogen) atoms. The summed E-state index contributed by atoms with van der Waals surface area (Å²) >= 11 is 11.0. The number of hydrogen-bond donors (Lipinski definition) is 0. The van der Waals surface area contributed by atoms with Crippen LogP contribution >= 0.6 is 39.3 Å². The molecule has 0 aromatic heterocycles. The van der Waals surface area contributed by atoms with Crippen molar-refractivity contribution in [2.75, 3.05) is 4.90 Å². The molecule has 0 aliphatic carbocycles. The maximum absolute atomic E-state index is 13.6. The van der Waals surface area contributed by atoms with E-state index in [-0.39, 0.29) is 5.91 Å². The highest BCUT2D eigenvalue weighted by Gasteiger charge is 2.35. The maximum atomic E-state index is 13.6. The molecule has 0 saturated carbocycles. The van der Waals surface area contributed by atoms with Crippen LogP contribution in [0.25, 0.3) is 6.08 Å². The second kappa shape index (κ2) is 11.2. The molecule has 0 atom stereocenters. The fourth-order valence-electron chi connectivity index (χ4n) is 3.66. The molecule has 0 bridgehead atoms. The number of aliphatic imine (C=N–C) groups is 1. The summed E-state index contributed by atoms with van der Waals surface area (Å²) in [5, 5.41) is 1.26. The Morgan fingerprint density at radius 2 is 1.67 bits per heavy atom. The Hall–Kier alpha value is -3.32. The first-order valence-electron chi connectivity index (χ1n) is 11.2. The summed E-state index contributed by atoms with van der Waals surface area (Å²) in [7, 11) is 0. The molecule has 1 aliphatic heterocycles. The number of anilines is 1. The van der Waals surface area contributed by atoms with Gasteiger partial charge in [-0.1, -0.05) is 76.1 Å². The van der Waals surface area contributed by atoms with Crippen molar-refractivity contribution >= 4 is 67.8 Å². The maximum Gasteiger partial charge on any atom is 0.271 e. The monoisotopic (exact) mass is 574 g/mol. The lowest BCUT2D eigenvalue weighted by molar-refractivity contribution is -0.113. The van der Waals surface area contributed by atoms with Crippen LogP contribution in [0.3, 0.4) is 0 Å². The van der Waals surface area contributed by atoms with Gasteiger partial charge in [0, 0.05) is 15.1 Å². The van der Waals surface area contributed by atoms with Crippen LogP contribution in [-0.4, -0.2) is 11.1 Å². The predicted octanol–water partition coefficient (Wildman–Crippen LogP) is 8.49. The second-order valence-corrected chi connectivity index (χ2v) is 10.3. The summed E-state index contributed by atoms with van der Waals surface area (Å²) in [5.41, 5.74) is 3.29. The first kappa shape index (κ1) is 24.4. The zero-order chi connectivity index (χ0) is 24.9. The van der Waals surface area contributed by atoms with Crippen molar-refractivity contribution in [1.29, 1.82) is 0 Å². The molecule has 5 rings (SSSR count). The highest BCUT2D eigenvalue weighted by Crippen LogP contribution is 2.38. The lowest BCUT2D eigenvalue weighted by Crippen LogP contribution is -2.28. The van der Waals surface area contributed by atoms with Gasteiger partial charge in [-0.15, -0.1) is 0 Å². The van der Waals surface area contributed by atoms with E-state index in [0.29, 0.717) is 27.5 Å². The van der Waals surface area contributed by atoms with Gasteiger partial charge in [-0.3, -0.25) is 9.69 Å². The quantitative estimate of drug-likeness (QED) is 0.217. The molecular weight excluding hydrogens is 556 g/mol. The van der Waals surface area contributed by atoms with Gasteiger partial charge in [-0.25, -0.2) is 4.99 Å². The molecule has 1 heterocycles. The number of halogens is 2. The number of amides is 1. The average Bonchev–Trinajstić information content (AvgIpc) is 3.19. The highest BCUT2D eigenvalue weighted by molar-refractivity contribution is 9.10. The van der Waals surface area contributed by atoms with Crippen LogP contribution in [-0.2, 0) is 11.4 Å². The van der Waals surface area contributed by atoms with E-state index in [9.17, 15) is 4.79 Å². The smallest absolute Gasteiger partial charge is 0.271 e. The minimum Gasteiger partial charge on any atom is -0.488 e. The van der Waals surface area contributed by atoms with E-state index < -0.39 is 0 Å². The van der Waals surface area contributed by atoms with Gasteiger partial charge >= 0.3 is 0 Å². The molecule has 178 valence electrons. The van der Waals surface area contributed by atoms with Crippen LogP contribution in [0.1, 0.15) is 11.1 Å². The number of para-hydroxylation sites is 2. The van der Waals surface area contributed by atoms with Crippen LogP contribution in [0.4, 0.5) is 11.4 Å². The molecule has 1 amide bonds. The number of amidine groups is 1. The van der Waals surface area contributed by atoms with E-state index >= 15 is 0 Å². The molecule has 1 fully saturated rings. The van der Waals surface area contributed by atoms with Crippen molar-refractivity contribution in [3.8, 4) is 5.75 Å². The Morgan fingerprint density at radius 3 is 2.42 bits per heavy atom. The summed E-state index contributed by atoms with van der Waals surface area (Å²) in [5.74, 6) is 0.528. The first-order valence-corrected chi connectivity index (χ1v) is 13.2. The molecule has 0 N–H and O–H groups in total. The van der Waals surface area contributed by atoms with Crippen LogP contribution in [0.2, 0.25) is 5.02 Å². The molecule has 0 radical (unpaired) electrons. The van der Waals surface area contributed by atoms with E-state index in [0.717, 1.165) is 27.0 Å². The number of nitrogens with zero attached hydrogens (tertiary/aromatic N) is 2. The summed E-state index contributed by atoms with van der Waals surface area (Å²) < 4.78 is 7.01. The zero-order valence-electron chi connectivity index (χ0n) is 19.0. The molecule has 4 aromatic rings. The Labute approximate surface area is 227 Å². The Bertz CT molecular complexity index is 1460. The van der Waals surface area contributed by atoms with Gasteiger partial charge < -0.3 is 4.74 Å². The highest BCUT2D eigenvalue weighted by atomic mass is 79.9. The van der Waals surface area contributed by atoms with Crippen molar-refractivity contribution in [2.24, 2.45) is 4.99 Å². The standard InChI is InChI=1S/C29H20BrClN2O2S/c30-22-14-15-26(35-19-20-8-7-9-23(31)16-20)21(17-22)18-27-28(34)33(25-12-5-2-6-13-25)29(36-27)32-24-10-3-1-4-11-24/h1-18H,19H2/b27-18+,32-29?. The van der Waals surface area contributed by atoms with E-state index in [1.807, 2.05) is 109 Å². The van der Waals surface area contributed by atoms with E-state index in [1.165, 1.54) is 11.8 Å². The second-order valence-electron chi connectivity index (χ2n) is 7.92. The summed E-state index contributed by atoms with van der Waals surface area (Å²) in [6.07, 6.45) is 1.86. The van der Waals surface area contributed by atoms with Gasteiger partial charge in [0.05, 0.1) is 16.3 Å². The number of carbonyl (C=O) groups is 1. The third-order valence-corrected chi connectivity index (χ3v) is 7.04. The number of thioether (sulfide) groups is 1. The number of hydrogen-bond acceptors (Lipinski definition) is 4. The molecule has 1 aliphatic rings. The van der Waals surface area contributed by atoms with E-state index in [2.05, 4.69) is 15.9 Å². The van der Waals surface area contributed by atoms with Crippen molar-refractivity contribution in [2.45, 2.75) is 6.61 Å². The molecule has 0 spiro atoms. The molecule has 0 unspecified atom stereocenters. The normalized spacial score (nSPS) is 15.6. The van der Waals surface area contributed by atoms with Gasteiger partial charge in [0.25, 0.3) is 5.91 Å². The summed E-state index contributed by atoms with van der Waals surface area (Å²) in [4.78, 5) is 20.6. The topological polar surface area (TPSA) is 41.9 Å². The summed E-state index contributed by atoms with van der Waals surface area (Å²) in [6.45, 7) is 0.357. The van der Waals surface area contributed by atoms with Gasteiger partial charge in [0.1, 0.15) is 12.4 Å². The number of ether oxygens (including phenoxy) is 1. The van der Waals surface area contributed by atoms with Gasteiger partial charge in [-0.05, 0) is 78.0 Å². The molecule has 4 aromatic carbocycles. The molecule has 7 heteroatoms. The number of benzene rings is 4. The number of rotatable bonds is 6. The SMILES string of the molecule is O=C1/C(=C\c2cc(Br)ccc2OCc2cccc(Cl)c2)SC(=Nc2ccccc2)N1c1ccccc1. The average molecular weight is 576 g/mol. The molecule has 1 saturated heterocycles. The van der Waals surface area contributed by atoms with Crippen LogP contribution in [0, 0.1) is 0 Å². The van der Waals surface area contributed by atoms with Crippen LogP contribution < -0.4 is 9.64 Å². The zero-order valence-corrected chi connectivity index (χ0v) is 22.1. The van der Waals surface area contributed by atoms with Crippen molar-refractivity contribution in [3.05, 3.63) is 129 Å². The first-order chi connectivity index (χ1) is 17.6.